The highest BCUT2D eigenvalue weighted by atomic mass is 32.2. The highest BCUT2D eigenvalue weighted by Gasteiger charge is 2.11. The zero-order chi connectivity index (χ0) is 15.1. The number of benzene rings is 2. The van der Waals surface area contributed by atoms with Gasteiger partial charge in [0, 0.05) is 10.6 Å². The van der Waals surface area contributed by atoms with E-state index in [2.05, 4.69) is 0 Å². The minimum Gasteiger partial charge on any atom is -0.497 e. The minimum absolute atomic E-state index is 0.261. The van der Waals surface area contributed by atoms with Gasteiger partial charge in [-0.25, -0.2) is 4.79 Å². The first kappa shape index (κ1) is 15.4. The van der Waals surface area contributed by atoms with Crippen molar-refractivity contribution in [3.05, 3.63) is 59.7 Å². The Balaban J connectivity index is 2.07. The third kappa shape index (κ3) is 4.26. The predicted molar refractivity (Wildman–Crippen MR) is 85.0 cm³/mol. The summed E-state index contributed by atoms with van der Waals surface area (Å²) in [6, 6.07) is 15.4. The number of thioether (sulfide) groups is 1. The monoisotopic (exact) mass is 302 g/mol. The molecule has 0 saturated heterocycles. The first-order valence-electron chi connectivity index (χ1n) is 6.76. The van der Waals surface area contributed by atoms with Gasteiger partial charge in [-0.3, -0.25) is 0 Å². The molecular formula is C17H18O3S. The van der Waals surface area contributed by atoms with Gasteiger partial charge < -0.3 is 9.47 Å². The molecule has 0 amide bonds. The van der Waals surface area contributed by atoms with Gasteiger partial charge in [-0.05, 0) is 42.8 Å². The summed E-state index contributed by atoms with van der Waals surface area (Å²) in [5, 5.41) is 0. The molecule has 2 aromatic rings. The van der Waals surface area contributed by atoms with Crippen LogP contribution in [-0.2, 0) is 10.5 Å². The summed E-state index contributed by atoms with van der Waals surface area (Å²) in [5.41, 5.74) is 1.62. The van der Waals surface area contributed by atoms with Crippen LogP contribution in [0.25, 0.3) is 0 Å². The Bertz CT molecular complexity index is 593. The topological polar surface area (TPSA) is 35.5 Å². The fraction of sp³-hybridized carbons (Fsp3) is 0.235. The van der Waals surface area contributed by atoms with Gasteiger partial charge in [0.15, 0.2) is 0 Å². The maximum atomic E-state index is 11.9. The molecular weight excluding hydrogens is 284 g/mol. The number of esters is 1. The van der Waals surface area contributed by atoms with Crippen molar-refractivity contribution in [3.63, 3.8) is 0 Å². The van der Waals surface area contributed by atoms with Gasteiger partial charge >= 0.3 is 5.97 Å². The molecule has 0 heterocycles. The smallest absolute Gasteiger partial charge is 0.338 e. The summed E-state index contributed by atoms with van der Waals surface area (Å²) in [7, 11) is 1.65. The molecule has 2 aromatic carbocycles. The lowest BCUT2D eigenvalue weighted by Crippen LogP contribution is -2.07. The highest BCUT2D eigenvalue weighted by molar-refractivity contribution is 7.98. The van der Waals surface area contributed by atoms with Crippen molar-refractivity contribution in [2.45, 2.75) is 17.6 Å². The number of carbonyl (C=O) groups is 1. The lowest BCUT2D eigenvalue weighted by atomic mass is 10.1. The number of hydrogen-bond acceptors (Lipinski definition) is 4. The molecule has 0 atom stereocenters. The van der Waals surface area contributed by atoms with Crippen LogP contribution in [0, 0.1) is 0 Å². The van der Waals surface area contributed by atoms with Crippen LogP contribution in [0.1, 0.15) is 22.8 Å². The summed E-state index contributed by atoms with van der Waals surface area (Å²) in [4.78, 5) is 13.0. The van der Waals surface area contributed by atoms with E-state index in [0.29, 0.717) is 12.2 Å². The standard InChI is InChI=1S/C17H18O3S/c1-3-20-17(18)16-7-5-4-6-13(16)12-21-15-10-8-14(19-2)9-11-15/h4-11H,3,12H2,1-2H3. The Labute approximate surface area is 129 Å². The first-order chi connectivity index (χ1) is 10.2. The van der Waals surface area contributed by atoms with Crippen LogP contribution in [-0.4, -0.2) is 19.7 Å². The van der Waals surface area contributed by atoms with Crippen molar-refractivity contribution in [2.75, 3.05) is 13.7 Å². The molecule has 0 spiro atoms. The van der Waals surface area contributed by atoms with Gasteiger partial charge in [-0.1, -0.05) is 18.2 Å². The van der Waals surface area contributed by atoms with Gasteiger partial charge in [0.2, 0.25) is 0 Å². The number of hydrogen-bond donors (Lipinski definition) is 0. The fourth-order valence-corrected chi connectivity index (χ4v) is 2.79. The van der Waals surface area contributed by atoms with Gasteiger partial charge in [0.25, 0.3) is 0 Å². The third-order valence-electron chi connectivity index (χ3n) is 2.97. The quantitative estimate of drug-likeness (QED) is 0.593. The van der Waals surface area contributed by atoms with Crippen molar-refractivity contribution in [1.29, 1.82) is 0 Å². The zero-order valence-electron chi connectivity index (χ0n) is 12.2. The molecule has 0 aromatic heterocycles. The van der Waals surface area contributed by atoms with E-state index in [1.54, 1.807) is 18.9 Å². The van der Waals surface area contributed by atoms with E-state index in [0.717, 1.165) is 22.0 Å². The molecule has 0 aliphatic carbocycles. The third-order valence-corrected chi connectivity index (χ3v) is 4.03. The summed E-state index contributed by atoms with van der Waals surface area (Å²) < 4.78 is 10.2. The van der Waals surface area contributed by atoms with Crippen LogP contribution < -0.4 is 4.74 Å². The number of rotatable bonds is 6. The molecule has 0 radical (unpaired) electrons. The van der Waals surface area contributed by atoms with Gasteiger partial charge in [-0.2, -0.15) is 0 Å². The second-order valence-electron chi connectivity index (χ2n) is 4.34. The molecule has 110 valence electrons. The van der Waals surface area contributed by atoms with Gasteiger partial charge in [0.1, 0.15) is 5.75 Å². The van der Waals surface area contributed by atoms with Crippen molar-refractivity contribution in [1.82, 2.24) is 0 Å². The molecule has 0 aliphatic heterocycles. The molecule has 3 nitrogen and oxygen atoms in total. The SMILES string of the molecule is CCOC(=O)c1ccccc1CSc1ccc(OC)cc1. The van der Waals surface area contributed by atoms with E-state index < -0.39 is 0 Å². The van der Waals surface area contributed by atoms with Crippen LogP contribution in [0.5, 0.6) is 5.75 Å². The minimum atomic E-state index is -0.261. The molecule has 2 rings (SSSR count). The van der Waals surface area contributed by atoms with Crippen molar-refractivity contribution >= 4 is 17.7 Å². The Hall–Kier alpha value is -1.94. The van der Waals surface area contributed by atoms with Crippen LogP contribution in [0.15, 0.2) is 53.4 Å². The Morgan fingerprint density at radius 1 is 1.10 bits per heavy atom. The summed E-state index contributed by atoms with van der Waals surface area (Å²) >= 11 is 1.68. The summed E-state index contributed by atoms with van der Waals surface area (Å²) in [6.07, 6.45) is 0. The van der Waals surface area contributed by atoms with Crippen molar-refractivity contribution < 1.29 is 14.3 Å². The van der Waals surface area contributed by atoms with Crippen LogP contribution >= 0.6 is 11.8 Å². The fourth-order valence-electron chi connectivity index (χ4n) is 1.89. The van der Waals surface area contributed by atoms with Crippen LogP contribution in [0.4, 0.5) is 0 Å². The Kier molecular flexibility index (Phi) is 5.69. The molecule has 21 heavy (non-hydrogen) atoms. The van der Waals surface area contributed by atoms with E-state index in [9.17, 15) is 4.79 Å². The van der Waals surface area contributed by atoms with Crippen LogP contribution in [0.3, 0.4) is 0 Å². The van der Waals surface area contributed by atoms with E-state index in [1.165, 1.54) is 0 Å². The molecule has 0 fully saturated rings. The highest BCUT2D eigenvalue weighted by Crippen LogP contribution is 2.26. The number of carbonyl (C=O) groups excluding carboxylic acids is 1. The zero-order valence-corrected chi connectivity index (χ0v) is 13.0. The molecule has 0 saturated carbocycles. The van der Waals surface area contributed by atoms with E-state index in [1.807, 2.05) is 55.5 Å². The first-order valence-corrected chi connectivity index (χ1v) is 7.75. The van der Waals surface area contributed by atoms with Gasteiger partial charge in [-0.15, -0.1) is 11.8 Å². The summed E-state index contributed by atoms with van der Waals surface area (Å²) in [5.74, 6) is 1.30. The van der Waals surface area contributed by atoms with E-state index >= 15 is 0 Å². The molecule has 0 unspecified atom stereocenters. The van der Waals surface area contributed by atoms with Crippen molar-refractivity contribution in [2.24, 2.45) is 0 Å². The van der Waals surface area contributed by atoms with E-state index in [4.69, 9.17) is 9.47 Å². The second-order valence-corrected chi connectivity index (χ2v) is 5.39. The van der Waals surface area contributed by atoms with E-state index in [-0.39, 0.29) is 5.97 Å². The number of methoxy groups -OCH3 is 1. The second kappa shape index (κ2) is 7.74. The molecule has 0 aliphatic rings. The molecule has 0 N–H and O–H groups in total. The normalized spacial score (nSPS) is 10.2. The lowest BCUT2D eigenvalue weighted by Gasteiger charge is -2.09. The number of ether oxygens (including phenoxy) is 2. The maximum absolute atomic E-state index is 11.9. The van der Waals surface area contributed by atoms with Gasteiger partial charge in [0.05, 0.1) is 19.3 Å². The average molecular weight is 302 g/mol. The Morgan fingerprint density at radius 2 is 1.81 bits per heavy atom. The molecule has 0 bridgehead atoms. The van der Waals surface area contributed by atoms with Crippen LogP contribution in [0.2, 0.25) is 0 Å². The van der Waals surface area contributed by atoms with Crippen molar-refractivity contribution in [3.8, 4) is 5.75 Å². The summed E-state index contributed by atoms with van der Waals surface area (Å²) in [6.45, 7) is 2.20. The maximum Gasteiger partial charge on any atom is 0.338 e. The Morgan fingerprint density at radius 3 is 2.48 bits per heavy atom. The largest absolute Gasteiger partial charge is 0.497 e. The molecule has 4 heteroatoms. The predicted octanol–water partition coefficient (Wildman–Crippen LogP) is 4.16. The average Bonchev–Trinajstić information content (AvgIpc) is 2.54. The lowest BCUT2D eigenvalue weighted by molar-refractivity contribution is 0.0525.